The third-order valence-electron chi connectivity index (χ3n) is 5.38. The van der Waals surface area contributed by atoms with Crippen molar-refractivity contribution in [3.05, 3.63) is 24.3 Å². The number of pyridine rings is 1. The largest absolute Gasteiger partial charge is 0.401 e. The van der Waals surface area contributed by atoms with Crippen LogP contribution in [0.15, 0.2) is 18.5 Å². The zero-order valence-electron chi connectivity index (χ0n) is 16.3. The van der Waals surface area contributed by atoms with E-state index >= 15 is 0 Å². The molecule has 3 heterocycles. The van der Waals surface area contributed by atoms with Gasteiger partial charge in [-0.3, -0.25) is 0 Å². The van der Waals surface area contributed by atoms with Crippen LogP contribution in [0.2, 0.25) is 0 Å². The predicted molar refractivity (Wildman–Crippen MR) is 107 cm³/mol. The number of imidazole rings is 1. The summed E-state index contributed by atoms with van der Waals surface area (Å²) < 4.78 is 65.1. The highest BCUT2D eigenvalue weighted by Crippen LogP contribution is 2.36. The SMILES string of the molecule is CS(=O)(=O)NCCc1nc2cnc3[nH]ccc3c2n1[C@H]1CC[C@@H](NCC(F)(F)F)C1. The number of hydrogen-bond acceptors (Lipinski definition) is 5. The van der Waals surface area contributed by atoms with Gasteiger partial charge in [0, 0.05) is 36.6 Å². The van der Waals surface area contributed by atoms with Gasteiger partial charge in [-0.2, -0.15) is 13.2 Å². The van der Waals surface area contributed by atoms with Crippen molar-refractivity contribution < 1.29 is 21.6 Å². The number of nitrogens with zero attached hydrogens (tertiary/aromatic N) is 3. The monoisotopic (exact) mass is 444 g/mol. The van der Waals surface area contributed by atoms with Gasteiger partial charge in [0.2, 0.25) is 10.0 Å². The maximum Gasteiger partial charge on any atom is 0.401 e. The Morgan fingerprint density at radius 3 is 2.87 bits per heavy atom. The Balaban J connectivity index is 1.66. The number of aromatic nitrogens is 4. The van der Waals surface area contributed by atoms with Gasteiger partial charge in [-0.25, -0.2) is 23.1 Å². The lowest BCUT2D eigenvalue weighted by Crippen LogP contribution is -2.35. The minimum absolute atomic E-state index is 0.0329. The van der Waals surface area contributed by atoms with Gasteiger partial charge in [-0.15, -0.1) is 0 Å². The van der Waals surface area contributed by atoms with E-state index in [4.69, 9.17) is 0 Å². The predicted octanol–water partition coefficient (Wildman–Crippen LogP) is 2.25. The first-order valence-electron chi connectivity index (χ1n) is 9.68. The molecule has 2 atom stereocenters. The van der Waals surface area contributed by atoms with Gasteiger partial charge in [-0.1, -0.05) is 0 Å². The Morgan fingerprint density at radius 1 is 1.33 bits per heavy atom. The first kappa shape index (κ1) is 21.1. The fraction of sp³-hybridized carbons (Fsp3) is 0.556. The number of alkyl halides is 3. The molecule has 8 nitrogen and oxygen atoms in total. The van der Waals surface area contributed by atoms with E-state index < -0.39 is 22.7 Å². The lowest BCUT2D eigenvalue weighted by Gasteiger charge is -2.19. The summed E-state index contributed by atoms with van der Waals surface area (Å²) in [5.74, 6) is 0.693. The molecule has 0 amide bonds. The molecule has 3 aromatic rings. The Kier molecular flexibility index (Phi) is 5.49. The van der Waals surface area contributed by atoms with E-state index in [1.807, 2.05) is 6.07 Å². The Hall–Kier alpha value is -2.18. The van der Waals surface area contributed by atoms with Gasteiger partial charge in [0.1, 0.15) is 17.0 Å². The topological polar surface area (TPSA) is 105 Å². The van der Waals surface area contributed by atoms with Crippen LogP contribution in [0.1, 0.15) is 31.1 Å². The summed E-state index contributed by atoms with van der Waals surface area (Å²) in [7, 11) is -3.33. The van der Waals surface area contributed by atoms with Gasteiger partial charge in [0.25, 0.3) is 0 Å². The first-order valence-corrected chi connectivity index (χ1v) is 11.6. The standard InChI is InChI=1S/C18H23F3N6O2S/c1-30(28,29)25-7-5-15-26-14-9-23-17-13(4-6-22-17)16(14)27(15)12-3-2-11(8-12)24-10-18(19,20)21/h4,6,9,11-12,24-25H,2-3,5,7-8,10H2,1H3,(H,22,23)/t11-,12+/m1/s1. The Bertz CT molecular complexity index is 1150. The van der Waals surface area contributed by atoms with E-state index in [0.29, 0.717) is 42.7 Å². The molecule has 3 N–H and O–H groups in total. The van der Waals surface area contributed by atoms with Gasteiger partial charge in [0.15, 0.2) is 0 Å². The van der Waals surface area contributed by atoms with Crippen molar-refractivity contribution in [2.24, 2.45) is 0 Å². The van der Waals surface area contributed by atoms with Crippen LogP contribution in [0.5, 0.6) is 0 Å². The smallest absolute Gasteiger partial charge is 0.346 e. The normalized spacial score (nSPS) is 20.5. The fourth-order valence-electron chi connectivity index (χ4n) is 4.20. The molecule has 1 aliphatic carbocycles. The van der Waals surface area contributed by atoms with Crippen LogP contribution < -0.4 is 10.0 Å². The molecular formula is C18H23F3N6O2S. The second-order valence-electron chi connectivity index (χ2n) is 7.71. The number of aromatic amines is 1. The van der Waals surface area contributed by atoms with Crippen LogP contribution in [0.3, 0.4) is 0 Å². The molecular weight excluding hydrogens is 421 g/mol. The molecule has 0 aromatic carbocycles. The highest BCUT2D eigenvalue weighted by Gasteiger charge is 2.33. The van der Waals surface area contributed by atoms with Crippen molar-refractivity contribution >= 4 is 32.1 Å². The Morgan fingerprint density at radius 2 is 2.13 bits per heavy atom. The summed E-state index contributed by atoms with van der Waals surface area (Å²) in [4.78, 5) is 12.1. The van der Waals surface area contributed by atoms with Crippen molar-refractivity contribution in [1.82, 2.24) is 29.6 Å². The molecule has 4 rings (SSSR count). The molecule has 30 heavy (non-hydrogen) atoms. The molecule has 1 fully saturated rings. The average molecular weight is 444 g/mol. The van der Waals surface area contributed by atoms with E-state index in [0.717, 1.165) is 17.2 Å². The van der Waals surface area contributed by atoms with Crippen molar-refractivity contribution in [1.29, 1.82) is 0 Å². The number of nitrogens with one attached hydrogen (secondary N) is 3. The second-order valence-corrected chi connectivity index (χ2v) is 9.54. The van der Waals surface area contributed by atoms with Gasteiger partial charge in [0.05, 0.1) is 24.5 Å². The summed E-state index contributed by atoms with van der Waals surface area (Å²) in [6, 6.07) is 1.63. The van der Waals surface area contributed by atoms with Crippen molar-refractivity contribution in [3.63, 3.8) is 0 Å². The third-order valence-corrected chi connectivity index (χ3v) is 6.11. The molecule has 1 saturated carbocycles. The molecule has 3 aromatic heterocycles. The van der Waals surface area contributed by atoms with Gasteiger partial charge in [-0.05, 0) is 25.3 Å². The average Bonchev–Trinajstić information content (AvgIpc) is 3.35. The Labute approximate surface area is 171 Å². The van der Waals surface area contributed by atoms with Crippen LogP contribution in [-0.2, 0) is 16.4 Å². The van der Waals surface area contributed by atoms with E-state index in [1.54, 1.807) is 12.4 Å². The second kappa shape index (κ2) is 7.82. The lowest BCUT2D eigenvalue weighted by atomic mass is 10.2. The molecule has 12 heteroatoms. The van der Waals surface area contributed by atoms with Crippen LogP contribution >= 0.6 is 0 Å². The number of hydrogen-bond donors (Lipinski definition) is 3. The van der Waals surface area contributed by atoms with Crippen LogP contribution in [0.4, 0.5) is 13.2 Å². The zero-order chi connectivity index (χ0) is 21.5. The molecule has 0 saturated heterocycles. The summed E-state index contributed by atoms with van der Waals surface area (Å²) in [6.07, 6.45) is 2.54. The van der Waals surface area contributed by atoms with Gasteiger partial charge >= 0.3 is 6.18 Å². The van der Waals surface area contributed by atoms with E-state index in [1.165, 1.54) is 0 Å². The molecule has 0 spiro atoms. The maximum absolute atomic E-state index is 12.6. The number of rotatable bonds is 7. The molecule has 0 bridgehead atoms. The molecule has 0 unspecified atom stereocenters. The summed E-state index contributed by atoms with van der Waals surface area (Å²) >= 11 is 0. The molecule has 164 valence electrons. The van der Waals surface area contributed by atoms with Crippen LogP contribution in [0, 0.1) is 0 Å². The third kappa shape index (κ3) is 4.60. The van der Waals surface area contributed by atoms with E-state index in [9.17, 15) is 21.6 Å². The van der Waals surface area contributed by atoms with Gasteiger partial charge < -0.3 is 14.9 Å². The lowest BCUT2D eigenvalue weighted by molar-refractivity contribution is -0.126. The van der Waals surface area contributed by atoms with Crippen molar-refractivity contribution in [2.45, 2.75) is 43.9 Å². The maximum atomic E-state index is 12.6. The number of halogens is 3. The van der Waals surface area contributed by atoms with Crippen LogP contribution in [-0.4, -0.2) is 59.5 Å². The highest BCUT2D eigenvalue weighted by atomic mass is 32.2. The minimum Gasteiger partial charge on any atom is -0.346 e. The van der Waals surface area contributed by atoms with Crippen LogP contribution in [0.25, 0.3) is 22.1 Å². The zero-order valence-corrected chi connectivity index (χ0v) is 17.1. The molecule has 0 aliphatic heterocycles. The number of sulfonamides is 1. The van der Waals surface area contributed by atoms with E-state index in [2.05, 4.69) is 29.6 Å². The molecule has 0 radical (unpaired) electrons. The van der Waals surface area contributed by atoms with E-state index in [-0.39, 0.29) is 18.6 Å². The van der Waals surface area contributed by atoms with Crippen molar-refractivity contribution in [3.8, 4) is 0 Å². The fourth-order valence-corrected chi connectivity index (χ4v) is 4.67. The summed E-state index contributed by atoms with van der Waals surface area (Å²) in [6.45, 7) is -0.819. The molecule has 1 aliphatic rings. The number of H-pyrrole nitrogens is 1. The minimum atomic E-state index is -4.24. The summed E-state index contributed by atoms with van der Waals surface area (Å²) in [5.41, 5.74) is 2.26. The quantitative estimate of drug-likeness (QED) is 0.519. The number of fused-ring (bicyclic) bond motifs is 3. The summed E-state index contributed by atoms with van der Waals surface area (Å²) in [5, 5.41) is 3.49. The van der Waals surface area contributed by atoms with Crippen molar-refractivity contribution in [2.75, 3.05) is 19.3 Å². The highest BCUT2D eigenvalue weighted by molar-refractivity contribution is 7.88. The first-order chi connectivity index (χ1) is 14.1.